The molecule has 3 fully saturated rings. The summed E-state index contributed by atoms with van der Waals surface area (Å²) in [6, 6.07) is 5.46. The van der Waals surface area contributed by atoms with Crippen LogP contribution in [-0.4, -0.2) is 83.0 Å². The number of ether oxygens (including phenoxy) is 1. The van der Waals surface area contributed by atoms with E-state index in [-0.39, 0.29) is 46.1 Å². The fraction of sp³-hybridized carbons (Fsp3) is 0.441. The van der Waals surface area contributed by atoms with E-state index in [9.17, 15) is 13.9 Å². The number of phenols is 1. The van der Waals surface area contributed by atoms with Crippen molar-refractivity contribution in [3.05, 3.63) is 47.7 Å². The molecule has 234 valence electrons. The number of anilines is 1. The summed E-state index contributed by atoms with van der Waals surface area (Å²) in [5, 5.41) is 14.8. The zero-order chi connectivity index (χ0) is 31.3. The molecule has 2 aliphatic heterocycles. The lowest BCUT2D eigenvalue weighted by molar-refractivity contribution is 0.107. The number of nitrogens with zero attached hydrogens (tertiary/aromatic N) is 5. The van der Waals surface area contributed by atoms with Gasteiger partial charge in [-0.3, -0.25) is 9.88 Å². The summed E-state index contributed by atoms with van der Waals surface area (Å²) < 4.78 is 52.3. The number of nitrogens with one attached hydrogen (secondary N) is 1. The highest BCUT2D eigenvalue weighted by atomic mass is 19.1. The summed E-state index contributed by atoms with van der Waals surface area (Å²) in [6.07, 6.45) is 10.6. The lowest BCUT2D eigenvalue weighted by Crippen LogP contribution is -2.43. The number of likely N-dealkylation sites (N-methyl/N-ethyl adjacent to an activating group) is 1. The molecule has 2 saturated heterocycles. The first kappa shape index (κ1) is 29.6. The normalized spacial score (nSPS) is 21.4. The zero-order valence-corrected chi connectivity index (χ0v) is 25.1. The Bertz CT molecular complexity index is 1830. The molecule has 8 nitrogen and oxygen atoms in total. The van der Waals surface area contributed by atoms with Crippen molar-refractivity contribution in [2.75, 3.05) is 51.3 Å². The van der Waals surface area contributed by atoms with Gasteiger partial charge in [-0.15, -0.1) is 6.42 Å². The van der Waals surface area contributed by atoms with E-state index in [1.165, 1.54) is 30.5 Å². The molecule has 2 aromatic carbocycles. The van der Waals surface area contributed by atoms with Crippen LogP contribution in [-0.2, 0) is 0 Å². The van der Waals surface area contributed by atoms with Gasteiger partial charge in [0.15, 0.2) is 5.82 Å². The summed E-state index contributed by atoms with van der Waals surface area (Å²) in [4.78, 5) is 18.1. The zero-order valence-electron chi connectivity index (χ0n) is 25.1. The Morgan fingerprint density at radius 1 is 1.24 bits per heavy atom. The number of fused-ring (bicyclic) bond motifs is 3. The number of rotatable bonds is 10. The predicted octanol–water partition coefficient (Wildman–Crippen LogP) is 5.20. The fourth-order valence-electron chi connectivity index (χ4n) is 7.06. The molecular weight excluding hydrogens is 581 g/mol. The summed E-state index contributed by atoms with van der Waals surface area (Å²) in [7, 11) is 1.87. The van der Waals surface area contributed by atoms with Crippen LogP contribution in [0.3, 0.4) is 0 Å². The number of pyridine rings is 1. The van der Waals surface area contributed by atoms with Gasteiger partial charge in [0.25, 0.3) is 0 Å². The average Bonchev–Trinajstić information content (AvgIpc) is 3.68. The van der Waals surface area contributed by atoms with Gasteiger partial charge in [0.05, 0.1) is 16.5 Å². The Morgan fingerprint density at radius 2 is 2.09 bits per heavy atom. The van der Waals surface area contributed by atoms with Gasteiger partial charge in [0.2, 0.25) is 0 Å². The third-order valence-corrected chi connectivity index (χ3v) is 9.43. The van der Waals surface area contributed by atoms with Crippen molar-refractivity contribution in [1.29, 1.82) is 0 Å². The minimum atomic E-state index is -0.918. The van der Waals surface area contributed by atoms with Crippen molar-refractivity contribution in [3.8, 4) is 35.4 Å². The third kappa shape index (κ3) is 5.40. The molecule has 0 amide bonds. The molecular formula is C34H35F3N6O2. The van der Waals surface area contributed by atoms with E-state index in [2.05, 4.69) is 31.0 Å². The Morgan fingerprint density at radius 3 is 2.87 bits per heavy atom. The standard InChI is InChI=1S/C34H35F3N6O2/c1-3-24-27(36)8-7-21-13-23(44)14-25(28(21)24)30-29(37)31-26(16-39-30)32(42(12-10-38-2)17-20-5-6-20)41-33(40-31)45-19-34-9-4-11-43(34)18-22(35)15-34/h1,7-8,13-14,16,20,22,38,44H,4-6,9-12,15,17-19H2,2H3/t22-,34+/m1/s1. The van der Waals surface area contributed by atoms with Crippen LogP contribution in [0.15, 0.2) is 30.5 Å². The van der Waals surface area contributed by atoms with Crippen LogP contribution in [0.4, 0.5) is 19.0 Å². The maximum atomic E-state index is 16.8. The van der Waals surface area contributed by atoms with Crippen molar-refractivity contribution >= 4 is 27.5 Å². The molecule has 1 saturated carbocycles. The Balaban J connectivity index is 1.38. The van der Waals surface area contributed by atoms with Crippen LogP contribution >= 0.6 is 0 Å². The Hall–Kier alpha value is -4.14. The average molecular weight is 617 g/mol. The van der Waals surface area contributed by atoms with E-state index in [1.807, 2.05) is 7.05 Å². The highest BCUT2D eigenvalue weighted by molar-refractivity contribution is 6.03. The first-order valence-electron chi connectivity index (χ1n) is 15.5. The van der Waals surface area contributed by atoms with Crippen LogP contribution in [0.2, 0.25) is 0 Å². The number of hydrogen-bond donors (Lipinski definition) is 2. The number of aromatic nitrogens is 3. The summed E-state index contributed by atoms with van der Waals surface area (Å²) in [5.74, 6) is 1.82. The van der Waals surface area contributed by atoms with E-state index in [1.54, 1.807) is 0 Å². The van der Waals surface area contributed by atoms with Gasteiger partial charge in [-0.25, -0.2) is 13.2 Å². The maximum absolute atomic E-state index is 16.8. The maximum Gasteiger partial charge on any atom is 0.319 e. The molecule has 0 spiro atoms. The van der Waals surface area contributed by atoms with Gasteiger partial charge in [-0.2, -0.15) is 9.97 Å². The van der Waals surface area contributed by atoms with Crippen molar-refractivity contribution in [1.82, 2.24) is 25.2 Å². The van der Waals surface area contributed by atoms with E-state index in [0.717, 1.165) is 38.8 Å². The molecule has 1 aliphatic carbocycles. The molecule has 0 unspecified atom stereocenters. The van der Waals surface area contributed by atoms with Gasteiger partial charge >= 0.3 is 6.01 Å². The second-order valence-corrected chi connectivity index (χ2v) is 12.5. The number of benzene rings is 2. The van der Waals surface area contributed by atoms with Gasteiger partial charge in [-0.1, -0.05) is 12.0 Å². The fourth-order valence-corrected chi connectivity index (χ4v) is 7.06. The second-order valence-electron chi connectivity index (χ2n) is 12.5. The smallest absolute Gasteiger partial charge is 0.319 e. The molecule has 7 rings (SSSR count). The lowest BCUT2D eigenvalue weighted by atomic mass is 9.95. The molecule has 0 bridgehead atoms. The number of terminal acetylenes is 1. The van der Waals surface area contributed by atoms with Crippen LogP contribution in [0, 0.1) is 29.9 Å². The minimum absolute atomic E-state index is 0.00142. The van der Waals surface area contributed by atoms with Gasteiger partial charge in [0.1, 0.15) is 41.4 Å². The number of alkyl halides is 1. The summed E-state index contributed by atoms with van der Waals surface area (Å²) in [6.45, 7) is 3.42. The first-order chi connectivity index (χ1) is 21.8. The van der Waals surface area contributed by atoms with Crippen LogP contribution in [0.1, 0.15) is 37.7 Å². The van der Waals surface area contributed by atoms with E-state index < -0.39 is 23.3 Å². The van der Waals surface area contributed by atoms with Gasteiger partial charge in [-0.05, 0) is 68.8 Å². The SMILES string of the molecule is C#Cc1c(F)ccc2cc(O)cc(-c3ncc4c(N(CCNC)CC5CC5)nc(OC[C@@]56CCCN5C[C@H](F)C6)nc4c3F)c12. The van der Waals surface area contributed by atoms with Gasteiger partial charge in [0, 0.05) is 49.7 Å². The molecule has 3 aliphatic rings. The van der Waals surface area contributed by atoms with Crippen molar-refractivity contribution in [2.24, 2.45) is 5.92 Å². The highest BCUT2D eigenvalue weighted by Crippen LogP contribution is 2.42. The Kier molecular flexibility index (Phi) is 7.66. The van der Waals surface area contributed by atoms with Crippen molar-refractivity contribution in [3.63, 3.8) is 0 Å². The van der Waals surface area contributed by atoms with Crippen LogP contribution in [0.25, 0.3) is 32.9 Å². The molecule has 2 N–H and O–H groups in total. The molecule has 2 atom stereocenters. The first-order valence-corrected chi connectivity index (χ1v) is 15.5. The second kappa shape index (κ2) is 11.7. The van der Waals surface area contributed by atoms with Crippen molar-refractivity contribution < 1.29 is 23.0 Å². The lowest BCUT2D eigenvalue weighted by Gasteiger charge is -2.31. The predicted molar refractivity (Wildman–Crippen MR) is 167 cm³/mol. The number of aromatic hydroxyl groups is 1. The van der Waals surface area contributed by atoms with Crippen molar-refractivity contribution in [2.45, 2.75) is 43.8 Å². The quantitative estimate of drug-likeness (QED) is 0.235. The van der Waals surface area contributed by atoms with E-state index in [4.69, 9.17) is 16.1 Å². The number of halogens is 3. The van der Waals surface area contributed by atoms with E-state index in [0.29, 0.717) is 48.6 Å². The minimum Gasteiger partial charge on any atom is -0.508 e. The highest BCUT2D eigenvalue weighted by Gasteiger charge is 2.49. The molecule has 4 heterocycles. The molecule has 45 heavy (non-hydrogen) atoms. The Labute approximate surface area is 259 Å². The topological polar surface area (TPSA) is 86.6 Å². The van der Waals surface area contributed by atoms with Crippen LogP contribution < -0.4 is 15.0 Å². The van der Waals surface area contributed by atoms with Crippen LogP contribution in [0.5, 0.6) is 11.8 Å². The number of phenolic OH excluding ortho intramolecular Hbond substituents is 1. The van der Waals surface area contributed by atoms with Gasteiger partial charge < -0.3 is 20.1 Å². The van der Waals surface area contributed by atoms with E-state index >= 15 is 4.39 Å². The summed E-state index contributed by atoms with van der Waals surface area (Å²) >= 11 is 0. The third-order valence-electron chi connectivity index (χ3n) is 9.43. The largest absolute Gasteiger partial charge is 0.508 e. The monoisotopic (exact) mass is 616 g/mol. The molecule has 2 aromatic heterocycles. The number of hydrogen-bond acceptors (Lipinski definition) is 8. The molecule has 11 heteroatoms. The molecule has 4 aromatic rings. The molecule has 0 radical (unpaired) electrons. The summed E-state index contributed by atoms with van der Waals surface area (Å²) in [5.41, 5.74) is -0.500.